The minimum atomic E-state index is -0.538. The number of benzene rings is 1. The van der Waals surface area contributed by atoms with Gasteiger partial charge in [-0.1, -0.05) is 12.1 Å². The van der Waals surface area contributed by atoms with E-state index >= 15 is 0 Å². The molecule has 7 heteroatoms. The maximum atomic E-state index is 13.1. The van der Waals surface area contributed by atoms with E-state index in [1.165, 1.54) is 17.0 Å². The molecule has 0 aliphatic carbocycles. The number of likely N-dealkylation sites (tertiary alicyclic amines) is 1. The molecule has 0 spiro atoms. The van der Waals surface area contributed by atoms with Crippen molar-refractivity contribution in [2.45, 2.75) is 25.9 Å². The molecule has 24 heavy (non-hydrogen) atoms. The molecule has 1 N–H and O–H groups in total. The molecular weight excluding hydrogens is 313 g/mol. The largest absolute Gasteiger partial charge is 0.444 e. The van der Waals surface area contributed by atoms with Gasteiger partial charge in [0.1, 0.15) is 11.6 Å². The highest BCUT2D eigenvalue weighted by Crippen LogP contribution is 2.37. The topological polar surface area (TPSA) is 75.4 Å². The molecular formula is C17H18FN3O3. The van der Waals surface area contributed by atoms with Crippen LogP contribution in [0.5, 0.6) is 0 Å². The third kappa shape index (κ3) is 3.15. The van der Waals surface area contributed by atoms with Gasteiger partial charge in [0.2, 0.25) is 17.7 Å². The molecule has 0 saturated carbocycles. The first-order valence-corrected chi connectivity index (χ1v) is 7.66. The van der Waals surface area contributed by atoms with E-state index in [9.17, 15) is 14.0 Å². The van der Waals surface area contributed by atoms with Crippen molar-refractivity contribution in [1.82, 2.24) is 15.2 Å². The van der Waals surface area contributed by atoms with Crippen molar-refractivity contribution in [3.8, 4) is 0 Å². The second-order valence-corrected chi connectivity index (χ2v) is 5.89. The number of oxazole rings is 1. The lowest BCUT2D eigenvalue weighted by Crippen LogP contribution is -2.34. The Kier molecular flexibility index (Phi) is 4.33. The van der Waals surface area contributed by atoms with E-state index in [1.54, 1.807) is 32.3 Å². The number of hydrogen-bond donors (Lipinski definition) is 1. The van der Waals surface area contributed by atoms with Gasteiger partial charge < -0.3 is 14.6 Å². The van der Waals surface area contributed by atoms with Crippen LogP contribution in [0.25, 0.3) is 0 Å². The van der Waals surface area contributed by atoms with E-state index in [4.69, 9.17) is 4.42 Å². The maximum Gasteiger partial charge on any atom is 0.226 e. The molecule has 126 valence electrons. The summed E-state index contributed by atoms with van der Waals surface area (Å²) < 4.78 is 18.5. The smallest absolute Gasteiger partial charge is 0.226 e. The summed E-state index contributed by atoms with van der Waals surface area (Å²) in [6.07, 6.45) is 1.70. The third-order valence-electron chi connectivity index (χ3n) is 4.22. The van der Waals surface area contributed by atoms with Crippen LogP contribution in [0, 0.1) is 18.7 Å². The summed E-state index contributed by atoms with van der Waals surface area (Å²) in [5, 5.41) is 2.76. The Hall–Kier alpha value is -2.70. The van der Waals surface area contributed by atoms with E-state index in [1.807, 2.05) is 0 Å². The number of carbonyl (C=O) groups is 2. The molecule has 0 unspecified atom stereocenters. The fraction of sp³-hybridized carbons (Fsp3) is 0.353. The van der Waals surface area contributed by atoms with Crippen LogP contribution in [0.1, 0.15) is 29.7 Å². The fourth-order valence-corrected chi connectivity index (χ4v) is 3.00. The van der Waals surface area contributed by atoms with Crippen LogP contribution in [0.4, 0.5) is 4.39 Å². The number of aromatic nitrogens is 1. The molecule has 2 heterocycles. The Morgan fingerprint density at radius 3 is 2.75 bits per heavy atom. The zero-order valence-electron chi connectivity index (χ0n) is 13.5. The van der Waals surface area contributed by atoms with E-state index in [-0.39, 0.29) is 30.6 Å². The highest BCUT2D eigenvalue weighted by atomic mass is 19.1. The van der Waals surface area contributed by atoms with Gasteiger partial charge in [-0.2, -0.15) is 0 Å². The van der Waals surface area contributed by atoms with Crippen LogP contribution in [0.2, 0.25) is 0 Å². The Morgan fingerprint density at radius 1 is 1.42 bits per heavy atom. The Morgan fingerprint density at radius 2 is 2.12 bits per heavy atom. The summed E-state index contributed by atoms with van der Waals surface area (Å²) in [5.74, 6) is -0.180. The second kappa shape index (κ2) is 6.43. The van der Waals surface area contributed by atoms with Crippen LogP contribution in [0.3, 0.4) is 0 Å². The number of halogens is 1. The van der Waals surface area contributed by atoms with Crippen molar-refractivity contribution in [2.24, 2.45) is 5.92 Å². The van der Waals surface area contributed by atoms with Crippen molar-refractivity contribution in [3.63, 3.8) is 0 Å². The molecule has 0 bridgehead atoms. The Balaban J connectivity index is 1.75. The summed E-state index contributed by atoms with van der Waals surface area (Å²) in [6, 6.07) is 5.46. The van der Waals surface area contributed by atoms with Gasteiger partial charge in [-0.05, 0) is 24.6 Å². The van der Waals surface area contributed by atoms with Crippen LogP contribution in [0.15, 0.2) is 34.9 Å². The molecule has 3 rings (SSSR count). The minimum absolute atomic E-state index is 0.114. The predicted molar refractivity (Wildman–Crippen MR) is 83.1 cm³/mol. The predicted octanol–water partition coefficient (Wildman–Crippen LogP) is 1.96. The molecule has 1 aromatic carbocycles. The highest BCUT2D eigenvalue weighted by molar-refractivity contribution is 5.90. The molecule has 0 radical (unpaired) electrons. The molecule has 1 aliphatic rings. The van der Waals surface area contributed by atoms with Gasteiger partial charge in [0, 0.05) is 13.5 Å². The Labute approximate surface area is 138 Å². The molecule has 1 aliphatic heterocycles. The van der Waals surface area contributed by atoms with E-state index in [0.29, 0.717) is 11.7 Å². The number of amides is 2. The van der Waals surface area contributed by atoms with Crippen molar-refractivity contribution in [2.75, 3.05) is 7.05 Å². The first kappa shape index (κ1) is 16.2. The standard InChI is InChI=1S/C17H18FN3O3/c1-10-8-19-14(24-10)9-20-17(23)13-7-15(22)21(2)16(13)11-3-5-12(18)6-4-11/h3-6,8,13,16H,7,9H2,1-2H3,(H,20,23)/t13-,16+/m1/s1. The molecule has 6 nitrogen and oxygen atoms in total. The normalized spacial score (nSPS) is 20.5. The molecule has 1 fully saturated rings. The summed E-state index contributed by atoms with van der Waals surface area (Å²) in [7, 11) is 1.65. The van der Waals surface area contributed by atoms with Gasteiger partial charge in [0.25, 0.3) is 0 Å². The maximum absolute atomic E-state index is 13.1. The zero-order valence-corrected chi connectivity index (χ0v) is 13.5. The average Bonchev–Trinajstić information content (AvgIpc) is 3.10. The number of rotatable bonds is 4. The van der Waals surface area contributed by atoms with Crippen molar-refractivity contribution in [3.05, 3.63) is 53.5 Å². The summed E-state index contributed by atoms with van der Waals surface area (Å²) >= 11 is 0. The van der Waals surface area contributed by atoms with Crippen LogP contribution >= 0.6 is 0 Å². The lowest BCUT2D eigenvalue weighted by atomic mass is 9.93. The van der Waals surface area contributed by atoms with Gasteiger partial charge >= 0.3 is 0 Å². The summed E-state index contributed by atoms with van der Waals surface area (Å²) in [4.78, 5) is 30.2. The van der Waals surface area contributed by atoms with Crippen LogP contribution in [-0.4, -0.2) is 28.7 Å². The lowest BCUT2D eigenvalue weighted by Gasteiger charge is -2.24. The quantitative estimate of drug-likeness (QED) is 0.929. The highest BCUT2D eigenvalue weighted by Gasteiger charge is 2.42. The Bertz CT molecular complexity index is 757. The summed E-state index contributed by atoms with van der Waals surface area (Å²) in [6.45, 7) is 1.94. The lowest BCUT2D eigenvalue weighted by molar-refractivity contribution is -0.128. The number of hydrogen-bond acceptors (Lipinski definition) is 4. The van der Waals surface area contributed by atoms with Gasteiger partial charge in [-0.15, -0.1) is 0 Å². The molecule has 1 saturated heterocycles. The van der Waals surface area contributed by atoms with Crippen LogP contribution < -0.4 is 5.32 Å². The monoisotopic (exact) mass is 331 g/mol. The van der Waals surface area contributed by atoms with Gasteiger partial charge in [0.15, 0.2) is 0 Å². The van der Waals surface area contributed by atoms with Gasteiger partial charge in [-0.3, -0.25) is 9.59 Å². The fourth-order valence-electron chi connectivity index (χ4n) is 3.00. The SMILES string of the molecule is Cc1cnc(CNC(=O)[C@@H]2CC(=O)N(C)[C@H]2c2ccc(F)cc2)o1. The minimum Gasteiger partial charge on any atom is -0.444 e. The first-order valence-electron chi connectivity index (χ1n) is 7.66. The first-order chi connectivity index (χ1) is 11.5. The van der Waals surface area contributed by atoms with Crippen molar-refractivity contribution >= 4 is 11.8 Å². The molecule has 2 aromatic rings. The van der Waals surface area contributed by atoms with E-state index in [2.05, 4.69) is 10.3 Å². The second-order valence-electron chi connectivity index (χ2n) is 5.89. The zero-order chi connectivity index (χ0) is 17.3. The van der Waals surface area contributed by atoms with Crippen LogP contribution in [-0.2, 0) is 16.1 Å². The van der Waals surface area contributed by atoms with Gasteiger partial charge in [-0.25, -0.2) is 9.37 Å². The number of nitrogens with zero attached hydrogens (tertiary/aromatic N) is 2. The summed E-state index contributed by atoms with van der Waals surface area (Å²) in [5.41, 5.74) is 0.733. The average molecular weight is 331 g/mol. The third-order valence-corrected chi connectivity index (χ3v) is 4.22. The molecule has 2 atom stereocenters. The number of nitrogens with one attached hydrogen (secondary N) is 1. The van der Waals surface area contributed by atoms with E-state index < -0.39 is 12.0 Å². The molecule has 1 aromatic heterocycles. The van der Waals surface area contributed by atoms with Crippen molar-refractivity contribution in [1.29, 1.82) is 0 Å². The number of aryl methyl sites for hydroxylation is 1. The van der Waals surface area contributed by atoms with Crippen molar-refractivity contribution < 1.29 is 18.4 Å². The van der Waals surface area contributed by atoms with Gasteiger partial charge in [0.05, 0.1) is 24.7 Å². The van der Waals surface area contributed by atoms with E-state index in [0.717, 1.165) is 5.56 Å². The number of carbonyl (C=O) groups excluding carboxylic acids is 2. The molecule has 2 amide bonds.